The Hall–Kier alpha value is -2.42. The highest BCUT2D eigenvalue weighted by Crippen LogP contribution is 2.33. The third-order valence-corrected chi connectivity index (χ3v) is 6.10. The predicted octanol–water partition coefficient (Wildman–Crippen LogP) is 3.53. The molecule has 1 amide bonds. The highest BCUT2D eigenvalue weighted by Gasteiger charge is 2.37. The molecule has 154 valence electrons. The van der Waals surface area contributed by atoms with Gasteiger partial charge in [0.15, 0.2) is 0 Å². The Morgan fingerprint density at radius 3 is 2.55 bits per heavy atom. The van der Waals surface area contributed by atoms with Crippen molar-refractivity contribution in [2.75, 3.05) is 18.0 Å². The fourth-order valence-electron chi connectivity index (χ4n) is 3.95. The number of aromatic nitrogens is 3. The fourth-order valence-corrected chi connectivity index (χ4v) is 4.11. The maximum Gasteiger partial charge on any atom is 0.451 e. The monoisotopic (exact) mass is 425 g/mol. The summed E-state index contributed by atoms with van der Waals surface area (Å²) in [6, 6.07) is 0. The van der Waals surface area contributed by atoms with Crippen LogP contribution in [-0.4, -0.2) is 38.8 Å². The first kappa shape index (κ1) is 19.9. The van der Waals surface area contributed by atoms with Crippen LogP contribution in [0, 0.1) is 19.8 Å². The molecule has 4 rings (SSSR count). The van der Waals surface area contributed by atoms with Crippen molar-refractivity contribution < 1.29 is 18.0 Å². The van der Waals surface area contributed by atoms with E-state index in [1.54, 1.807) is 4.90 Å². The van der Waals surface area contributed by atoms with Crippen LogP contribution in [0.15, 0.2) is 12.4 Å². The SMILES string of the molecule is Cc1nc2c(c(C)c1Cl)CN(C(=O)C1CCN(c3cnc(C(F)(F)F)nc3)C1)C2. The van der Waals surface area contributed by atoms with E-state index in [-0.39, 0.29) is 11.8 Å². The minimum absolute atomic E-state index is 0.0199. The number of anilines is 1. The number of hydrogen-bond acceptors (Lipinski definition) is 5. The molecule has 0 spiro atoms. The number of hydrogen-bond donors (Lipinski definition) is 0. The summed E-state index contributed by atoms with van der Waals surface area (Å²) in [6.45, 7) is 5.70. The van der Waals surface area contributed by atoms with E-state index >= 15 is 0 Å². The van der Waals surface area contributed by atoms with Gasteiger partial charge in [-0.25, -0.2) is 9.97 Å². The first-order valence-electron chi connectivity index (χ1n) is 9.22. The first-order valence-corrected chi connectivity index (χ1v) is 9.60. The average Bonchev–Trinajstić information content (AvgIpc) is 3.33. The minimum atomic E-state index is -4.57. The number of pyridine rings is 1. The molecule has 0 aromatic carbocycles. The molecule has 2 aliphatic heterocycles. The molecule has 1 fully saturated rings. The number of carbonyl (C=O) groups is 1. The molecule has 4 heterocycles. The number of nitrogens with zero attached hydrogens (tertiary/aromatic N) is 5. The molecule has 10 heteroatoms. The molecule has 1 atom stereocenters. The van der Waals surface area contributed by atoms with E-state index in [1.807, 2.05) is 18.7 Å². The van der Waals surface area contributed by atoms with Crippen LogP contribution in [0.5, 0.6) is 0 Å². The van der Waals surface area contributed by atoms with E-state index in [0.29, 0.717) is 43.3 Å². The average molecular weight is 426 g/mol. The Bertz CT molecular complexity index is 964. The van der Waals surface area contributed by atoms with Crippen LogP contribution in [-0.2, 0) is 24.1 Å². The van der Waals surface area contributed by atoms with Gasteiger partial charge in [0.1, 0.15) is 0 Å². The molecule has 2 aliphatic rings. The van der Waals surface area contributed by atoms with Gasteiger partial charge in [0.05, 0.1) is 47.0 Å². The van der Waals surface area contributed by atoms with Crippen LogP contribution in [0.25, 0.3) is 0 Å². The topological polar surface area (TPSA) is 62.2 Å². The van der Waals surface area contributed by atoms with Crippen LogP contribution in [0.3, 0.4) is 0 Å². The molecule has 0 radical (unpaired) electrons. The lowest BCUT2D eigenvalue weighted by atomic mass is 10.1. The van der Waals surface area contributed by atoms with E-state index in [4.69, 9.17) is 11.6 Å². The Morgan fingerprint density at radius 2 is 1.90 bits per heavy atom. The Balaban J connectivity index is 1.43. The van der Waals surface area contributed by atoms with Crippen molar-refractivity contribution in [2.24, 2.45) is 5.92 Å². The standard InChI is InChI=1S/C19H19ClF3N5O/c1-10-14-8-28(9-15(14)26-11(2)16(10)20)17(29)12-3-4-27(7-12)13-5-24-18(25-6-13)19(21,22)23/h5-6,12H,3-4,7-9H2,1-2H3. The molecule has 1 saturated heterocycles. The van der Waals surface area contributed by atoms with Crippen molar-refractivity contribution in [3.8, 4) is 0 Å². The summed E-state index contributed by atoms with van der Waals surface area (Å²) in [5, 5.41) is 0.632. The Kier molecular flexibility index (Phi) is 4.88. The van der Waals surface area contributed by atoms with Gasteiger partial charge in [-0.15, -0.1) is 0 Å². The molecule has 2 aromatic rings. The van der Waals surface area contributed by atoms with Crippen LogP contribution in [0.4, 0.5) is 18.9 Å². The smallest absolute Gasteiger partial charge is 0.368 e. The summed E-state index contributed by atoms with van der Waals surface area (Å²) in [5.74, 6) is -1.38. The summed E-state index contributed by atoms with van der Waals surface area (Å²) < 4.78 is 37.9. The van der Waals surface area contributed by atoms with E-state index < -0.39 is 12.0 Å². The molecule has 29 heavy (non-hydrogen) atoms. The molecular weight excluding hydrogens is 407 g/mol. The molecule has 0 aliphatic carbocycles. The lowest BCUT2D eigenvalue weighted by molar-refractivity contribution is -0.145. The van der Waals surface area contributed by atoms with Crippen molar-refractivity contribution in [3.05, 3.63) is 45.8 Å². The van der Waals surface area contributed by atoms with Gasteiger partial charge < -0.3 is 9.80 Å². The van der Waals surface area contributed by atoms with Gasteiger partial charge in [0.2, 0.25) is 11.7 Å². The van der Waals surface area contributed by atoms with Crippen LogP contribution < -0.4 is 4.90 Å². The normalized spacial score (nSPS) is 19.0. The second-order valence-corrected chi connectivity index (χ2v) is 7.83. The second-order valence-electron chi connectivity index (χ2n) is 7.45. The predicted molar refractivity (Wildman–Crippen MR) is 100 cm³/mol. The summed E-state index contributed by atoms with van der Waals surface area (Å²) in [7, 11) is 0. The number of halogens is 4. The molecule has 2 aromatic heterocycles. The molecule has 0 saturated carbocycles. The van der Waals surface area contributed by atoms with Crippen LogP contribution in [0.2, 0.25) is 5.02 Å². The minimum Gasteiger partial charge on any atom is -0.368 e. The molecule has 6 nitrogen and oxygen atoms in total. The van der Waals surface area contributed by atoms with Gasteiger partial charge in [0.25, 0.3) is 0 Å². The Morgan fingerprint density at radius 1 is 1.21 bits per heavy atom. The molecular formula is C19H19ClF3N5O. The molecule has 1 unspecified atom stereocenters. The van der Waals surface area contributed by atoms with Gasteiger partial charge in [-0.3, -0.25) is 9.78 Å². The second kappa shape index (κ2) is 7.12. The molecule has 0 bridgehead atoms. The van der Waals surface area contributed by atoms with E-state index in [0.717, 1.165) is 34.9 Å². The molecule has 0 N–H and O–H groups in total. The van der Waals surface area contributed by atoms with Crippen molar-refractivity contribution in [1.29, 1.82) is 0 Å². The first-order chi connectivity index (χ1) is 13.6. The highest BCUT2D eigenvalue weighted by molar-refractivity contribution is 6.32. The maximum absolute atomic E-state index is 13.0. The zero-order valence-electron chi connectivity index (χ0n) is 15.9. The largest absolute Gasteiger partial charge is 0.451 e. The summed E-state index contributed by atoms with van der Waals surface area (Å²) in [4.78, 5) is 28.0. The third kappa shape index (κ3) is 3.63. The van der Waals surface area contributed by atoms with Crippen molar-refractivity contribution in [2.45, 2.75) is 39.5 Å². The third-order valence-electron chi connectivity index (χ3n) is 5.55. The van der Waals surface area contributed by atoms with E-state index in [1.165, 1.54) is 0 Å². The number of alkyl halides is 3. The van der Waals surface area contributed by atoms with Crippen molar-refractivity contribution >= 4 is 23.2 Å². The number of amides is 1. The zero-order chi connectivity index (χ0) is 20.9. The lowest BCUT2D eigenvalue weighted by Gasteiger charge is -2.21. The zero-order valence-corrected chi connectivity index (χ0v) is 16.7. The summed E-state index contributed by atoms with van der Waals surface area (Å²) in [6.07, 6.45) is -1.63. The van der Waals surface area contributed by atoms with Crippen LogP contribution in [0.1, 0.15) is 34.8 Å². The van der Waals surface area contributed by atoms with Gasteiger partial charge >= 0.3 is 6.18 Å². The maximum atomic E-state index is 13.0. The van der Waals surface area contributed by atoms with Crippen molar-refractivity contribution in [3.63, 3.8) is 0 Å². The van der Waals surface area contributed by atoms with E-state index in [9.17, 15) is 18.0 Å². The lowest BCUT2D eigenvalue weighted by Crippen LogP contribution is -2.34. The number of rotatable bonds is 2. The van der Waals surface area contributed by atoms with Gasteiger partial charge in [-0.1, -0.05) is 11.6 Å². The Labute approximate surface area is 170 Å². The summed E-state index contributed by atoms with van der Waals surface area (Å²) in [5.41, 5.74) is 4.08. The van der Waals surface area contributed by atoms with Gasteiger partial charge in [-0.2, -0.15) is 13.2 Å². The van der Waals surface area contributed by atoms with Crippen molar-refractivity contribution in [1.82, 2.24) is 19.9 Å². The quantitative estimate of drug-likeness (QED) is 0.736. The number of aryl methyl sites for hydroxylation is 1. The number of carbonyl (C=O) groups excluding carboxylic acids is 1. The fraction of sp³-hybridized carbons (Fsp3) is 0.474. The highest BCUT2D eigenvalue weighted by atomic mass is 35.5. The van der Waals surface area contributed by atoms with E-state index in [2.05, 4.69) is 15.0 Å². The number of fused-ring (bicyclic) bond motifs is 1. The van der Waals surface area contributed by atoms with Gasteiger partial charge in [-0.05, 0) is 31.4 Å². The van der Waals surface area contributed by atoms with Gasteiger partial charge in [0, 0.05) is 19.6 Å². The summed E-state index contributed by atoms with van der Waals surface area (Å²) >= 11 is 6.29. The van der Waals surface area contributed by atoms with Crippen LogP contribution >= 0.6 is 11.6 Å².